The van der Waals surface area contributed by atoms with E-state index in [2.05, 4.69) is 0 Å². The Morgan fingerprint density at radius 1 is 1.23 bits per heavy atom. The quantitative estimate of drug-likeness (QED) is 0.877. The van der Waals surface area contributed by atoms with Gasteiger partial charge in [-0.15, -0.1) is 0 Å². The normalized spacial score (nSPS) is 14.5. The number of aryl methyl sites for hydroxylation is 1. The van der Waals surface area contributed by atoms with Gasteiger partial charge in [0.1, 0.15) is 6.54 Å². The van der Waals surface area contributed by atoms with Gasteiger partial charge in [-0.2, -0.15) is 13.2 Å². The van der Waals surface area contributed by atoms with Crippen LogP contribution in [0.15, 0.2) is 24.3 Å². The van der Waals surface area contributed by atoms with Crippen LogP contribution in [-0.4, -0.2) is 36.1 Å². The number of carbonyl (C=O) groups excluding carboxylic acids is 1. The molecule has 0 aromatic heterocycles. The molecule has 0 heterocycles. The maximum atomic E-state index is 12.7. The van der Waals surface area contributed by atoms with Crippen LogP contribution < -0.4 is 5.73 Å². The minimum Gasteiger partial charge on any atom is -0.333 e. The number of rotatable bonds is 6. The summed E-state index contributed by atoms with van der Waals surface area (Å²) in [7, 11) is 0. The molecule has 3 nitrogen and oxygen atoms in total. The van der Waals surface area contributed by atoms with Crippen LogP contribution in [0.25, 0.3) is 0 Å². The van der Waals surface area contributed by atoms with Crippen molar-refractivity contribution in [2.24, 2.45) is 11.7 Å². The molecule has 0 aliphatic heterocycles. The molecule has 0 aliphatic rings. The van der Waals surface area contributed by atoms with E-state index in [4.69, 9.17) is 5.73 Å². The molecule has 1 aromatic carbocycles. The third-order valence-electron chi connectivity index (χ3n) is 3.65. The summed E-state index contributed by atoms with van der Waals surface area (Å²) in [6.07, 6.45) is -4.03. The summed E-state index contributed by atoms with van der Waals surface area (Å²) in [6, 6.07) is 7.04. The molecule has 0 bridgehead atoms. The highest BCUT2D eigenvalue weighted by atomic mass is 19.4. The van der Waals surface area contributed by atoms with E-state index in [1.165, 1.54) is 0 Å². The van der Waals surface area contributed by atoms with Crippen LogP contribution in [0.2, 0.25) is 0 Å². The van der Waals surface area contributed by atoms with E-state index in [1.54, 1.807) is 13.8 Å². The van der Waals surface area contributed by atoms with Crippen molar-refractivity contribution in [1.82, 2.24) is 4.90 Å². The van der Waals surface area contributed by atoms with Gasteiger partial charge in [0.2, 0.25) is 5.91 Å². The van der Waals surface area contributed by atoms with Gasteiger partial charge < -0.3 is 10.6 Å². The fourth-order valence-electron chi connectivity index (χ4n) is 2.02. The van der Waals surface area contributed by atoms with Crippen molar-refractivity contribution in [3.63, 3.8) is 0 Å². The first-order valence-corrected chi connectivity index (χ1v) is 7.27. The second-order valence-electron chi connectivity index (χ2n) is 5.76. The monoisotopic (exact) mass is 316 g/mol. The Hall–Kier alpha value is -1.56. The summed E-state index contributed by atoms with van der Waals surface area (Å²) in [5.41, 5.74) is 7.62. The third kappa shape index (κ3) is 6.05. The summed E-state index contributed by atoms with van der Waals surface area (Å²) in [5.74, 6) is -1.19. The van der Waals surface area contributed by atoms with Gasteiger partial charge >= 0.3 is 6.18 Å². The highest BCUT2D eigenvalue weighted by Gasteiger charge is 2.34. The van der Waals surface area contributed by atoms with Crippen LogP contribution in [-0.2, 0) is 11.2 Å². The van der Waals surface area contributed by atoms with Crippen molar-refractivity contribution in [2.75, 3.05) is 13.1 Å². The lowest BCUT2D eigenvalue weighted by atomic mass is 10.0. The van der Waals surface area contributed by atoms with Crippen LogP contribution >= 0.6 is 0 Å². The van der Waals surface area contributed by atoms with E-state index in [0.717, 1.165) is 16.0 Å². The van der Waals surface area contributed by atoms with Gasteiger partial charge in [-0.05, 0) is 25.8 Å². The molecule has 0 spiro atoms. The highest BCUT2D eigenvalue weighted by Crippen LogP contribution is 2.19. The van der Waals surface area contributed by atoms with Gasteiger partial charge in [-0.3, -0.25) is 4.79 Å². The largest absolute Gasteiger partial charge is 0.406 e. The first kappa shape index (κ1) is 18.5. The van der Waals surface area contributed by atoms with E-state index in [9.17, 15) is 18.0 Å². The topological polar surface area (TPSA) is 46.3 Å². The maximum Gasteiger partial charge on any atom is 0.406 e. The second-order valence-corrected chi connectivity index (χ2v) is 5.76. The average molecular weight is 316 g/mol. The van der Waals surface area contributed by atoms with E-state index >= 15 is 0 Å². The Morgan fingerprint density at radius 2 is 1.77 bits per heavy atom. The molecule has 0 aliphatic carbocycles. The highest BCUT2D eigenvalue weighted by molar-refractivity contribution is 5.79. The number of halogens is 3. The van der Waals surface area contributed by atoms with Crippen LogP contribution in [0.5, 0.6) is 0 Å². The van der Waals surface area contributed by atoms with Crippen molar-refractivity contribution in [3.05, 3.63) is 35.4 Å². The Bertz CT molecular complexity index is 483. The Kier molecular flexibility index (Phi) is 6.41. The van der Waals surface area contributed by atoms with Crippen molar-refractivity contribution < 1.29 is 18.0 Å². The van der Waals surface area contributed by atoms with Gasteiger partial charge in [-0.1, -0.05) is 36.8 Å². The second kappa shape index (κ2) is 7.63. The van der Waals surface area contributed by atoms with Crippen LogP contribution in [0.1, 0.15) is 25.0 Å². The molecule has 0 saturated heterocycles. The fourth-order valence-corrected chi connectivity index (χ4v) is 2.02. The standard InChI is InChI=1S/C16H23F3N2O/c1-11-4-6-14(7-5-11)8-9-21(10-16(17,18)19)15(22)12(2)13(3)20/h4-7,12-13H,8-10,20H2,1-3H3. The lowest BCUT2D eigenvalue weighted by Gasteiger charge is -2.28. The number of nitrogens with two attached hydrogens (primary N) is 1. The van der Waals surface area contributed by atoms with Gasteiger partial charge in [0.05, 0.1) is 5.92 Å². The van der Waals surface area contributed by atoms with Crippen LogP contribution in [0, 0.1) is 12.8 Å². The average Bonchev–Trinajstić information content (AvgIpc) is 2.42. The van der Waals surface area contributed by atoms with Crippen molar-refractivity contribution in [2.45, 2.75) is 39.4 Å². The fraction of sp³-hybridized carbons (Fsp3) is 0.562. The van der Waals surface area contributed by atoms with E-state index in [0.29, 0.717) is 6.42 Å². The molecule has 0 saturated carbocycles. The molecule has 22 heavy (non-hydrogen) atoms. The SMILES string of the molecule is Cc1ccc(CCN(CC(F)(F)F)C(=O)C(C)C(C)N)cc1. The number of hydrogen-bond acceptors (Lipinski definition) is 2. The maximum absolute atomic E-state index is 12.7. The number of alkyl halides is 3. The molecule has 2 atom stereocenters. The number of carbonyl (C=O) groups is 1. The number of nitrogens with zero attached hydrogens (tertiary/aromatic N) is 1. The van der Waals surface area contributed by atoms with Crippen molar-refractivity contribution >= 4 is 5.91 Å². The Labute approximate surface area is 129 Å². The van der Waals surface area contributed by atoms with Crippen LogP contribution in [0.4, 0.5) is 13.2 Å². The van der Waals surface area contributed by atoms with Gasteiger partial charge in [0, 0.05) is 12.6 Å². The zero-order valence-corrected chi connectivity index (χ0v) is 13.2. The summed E-state index contributed by atoms with van der Waals surface area (Å²) in [5, 5.41) is 0. The third-order valence-corrected chi connectivity index (χ3v) is 3.65. The zero-order valence-electron chi connectivity index (χ0n) is 13.2. The summed E-state index contributed by atoms with van der Waals surface area (Å²) in [4.78, 5) is 13.0. The molecule has 1 aromatic rings. The van der Waals surface area contributed by atoms with E-state index in [-0.39, 0.29) is 6.54 Å². The molecule has 0 fully saturated rings. The Balaban J connectivity index is 2.77. The number of benzene rings is 1. The van der Waals surface area contributed by atoms with E-state index < -0.39 is 30.6 Å². The van der Waals surface area contributed by atoms with Crippen molar-refractivity contribution in [1.29, 1.82) is 0 Å². The molecule has 124 valence electrons. The molecule has 2 N–H and O–H groups in total. The summed E-state index contributed by atoms with van der Waals surface area (Å²) < 4.78 is 38.1. The molecule has 0 radical (unpaired) electrons. The minimum atomic E-state index is -4.42. The lowest BCUT2D eigenvalue weighted by molar-refractivity contribution is -0.163. The lowest BCUT2D eigenvalue weighted by Crippen LogP contribution is -2.46. The first-order valence-electron chi connectivity index (χ1n) is 7.27. The summed E-state index contributed by atoms with van der Waals surface area (Å²) >= 11 is 0. The molecule has 2 unspecified atom stereocenters. The predicted molar refractivity (Wildman–Crippen MR) is 80.3 cm³/mol. The first-order chi connectivity index (χ1) is 10.1. The zero-order chi connectivity index (χ0) is 16.9. The van der Waals surface area contributed by atoms with Gasteiger partial charge in [0.25, 0.3) is 0 Å². The molecular formula is C16H23F3N2O. The number of hydrogen-bond donors (Lipinski definition) is 1. The number of amides is 1. The van der Waals surface area contributed by atoms with Crippen LogP contribution in [0.3, 0.4) is 0 Å². The molecular weight excluding hydrogens is 293 g/mol. The predicted octanol–water partition coefficient (Wildman–Crippen LogP) is 2.91. The van der Waals surface area contributed by atoms with E-state index in [1.807, 2.05) is 31.2 Å². The smallest absolute Gasteiger partial charge is 0.333 e. The molecule has 6 heteroatoms. The molecule has 1 rings (SSSR count). The van der Waals surface area contributed by atoms with Crippen molar-refractivity contribution in [3.8, 4) is 0 Å². The summed E-state index contributed by atoms with van der Waals surface area (Å²) in [6.45, 7) is 3.90. The Morgan fingerprint density at radius 3 is 2.23 bits per heavy atom. The minimum absolute atomic E-state index is 0.0263. The van der Waals surface area contributed by atoms with Gasteiger partial charge in [-0.25, -0.2) is 0 Å². The van der Waals surface area contributed by atoms with Gasteiger partial charge in [0.15, 0.2) is 0 Å². The molecule has 1 amide bonds.